The van der Waals surface area contributed by atoms with E-state index in [0.717, 1.165) is 72.2 Å². The molecule has 10 heteroatoms. The van der Waals surface area contributed by atoms with Gasteiger partial charge in [0.2, 0.25) is 17.8 Å². The zero-order chi connectivity index (χ0) is 28.8. The van der Waals surface area contributed by atoms with Crippen LogP contribution in [0.2, 0.25) is 0 Å². The number of aromatic nitrogens is 4. The number of hydrogen-bond donors (Lipinski definition) is 3. The molecular formula is C31H39N7O3. The fourth-order valence-electron chi connectivity index (χ4n) is 5.38. The monoisotopic (exact) mass is 557 g/mol. The third-order valence-electron chi connectivity index (χ3n) is 7.52. The average Bonchev–Trinajstić information content (AvgIpc) is 3.38. The van der Waals surface area contributed by atoms with Gasteiger partial charge in [-0.3, -0.25) is 0 Å². The minimum Gasteiger partial charge on any atom is -0.497 e. The number of hydrogen-bond acceptors (Lipinski definition) is 9. The van der Waals surface area contributed by atoms with E-state index in [0.29, 0.717) is 24.3 Å². The maximum atomic E-state index is 13.5. The van der Waals surface area contributed by atoms with Gasteiger partial charge in [-0.05, 0) is 42.2 Å². The Kier molecular flexibility index (Phi) is 8.86. The molecule has 4 aromatic rings. The number of fused-ring (bicyclic) bond motifs is 3. The van der Waals surface area contributed by atoms with Crippen molar-refractivity contribution in [2.24, 2.45) is 0 Å². The van der Waals surface area contributed by atoms with Gasteiger partial charge in [0.05, 0.1) is 20.3 Å². The number of H-pyrrole nitrogens is 1. The molecule has 0 bridgehead atoms. The van der Waals surface area contributed by atoms with Crippen molar-refractivity contribution in [2.75, 3.05) is 42.8 Å². The van der Waals surface area contributed by atoms with Crippen LogP contribution < -0.4 is 20.3 Å². The van der Waals surface area contributed by atoms with Crippen LogP contribution >= 0.6 is 0 Å². The molecule has 5 rings (SSSR count). The highest BCUT2D eigenvalue weighted by Crippen LogP contribution is 2.43. The summed E-state index contributed by atoms with van der Waals surface area (Å²) in [5.41, 5.74) is 4.07. The zero-order valence-corrected chi connectivity index (χ0v) is 24.2. The highest BCUT2D eigenvalue weighted by molar-refractivity contribution is 5.89. The molecule has 3 heterocycles. The van der Waals surface area contributed by atoms with Gasteiger partial charge in [0.25, 0.3) is 0 Å². The quantitative estimate of drug-likeness (QED) is 0.154. The second-order valence-corrected chi connectivity index (χ2v) is 10.2. The third-order valence-corrected chi connectivity index (χ3v) is 7.52. The van der Waals surface area contributed by atoms with Gasteiger partial charge in [-0.15, -0.1) is 0 Å². The maximum Gasteiger partial charge on any atom is 0.328 e. The van der Waals surface area contributed by atoms with Gasteiger partial charge in [-0.25, -0.2) is 4.79 Å². The van der Waals surface area contributed by atoms with Crippen molar-refractivity contribution in [3.63, 3.8) is 0 Å². The van der Waals surface area contributed by atoms with E-state index >= 15 is 0 Å². The van der Waals surface area contributed by atoms with E-state index in [1.807, 2.05) is 41.3 Å². The fourth-order valence-corrected chi connectivity index (χ4v) is 5.38. The first-order valence-electron chi connectivity index (χ1n) is 14.4. The molecule has 1 aliphatic rings. The number of benzene rings is 2. The first-order chi connectivity index (χ1) is 20.1. The number of carbonyl (C=O) groups is 1. The van der Waals surface area contributed by atoms with Gasteiger partial charge in [0, 0.05) is 36.1 Å². The van der Waals surface area contributed by atoms with Gasteiger partial charge in [-0.2, -0.15) is 15.0 Å². The topological polar surface area (TPSA) is 117 Å². The van der Waals surface area contributed by atoms with Crippen LogP contribution in [0.1, 0.15) is 62.4 Å². The number of carbonyl (C=O) groups excluding carboxylic acids is 1. The molecule has 216 valence electrons. The van der Waals surface area contributed by atoms with E-state index in [-0.39, 0.29) is 5.97 Å². The standard InChI is InChI=1S/C31H39N7O3/c1-5-7-17-32-29-35-30(33-18-8-6-2)37-31(36-29)38-25(28(39)41-4)19-23-22-11-9-10-12-24(22)34-26(23)27(38)20-13-15-21(40-3)16-14-20/h9-16,25,27,34H,5-8,17-19H2,1-4H3,(H2,32,33,35,36,37)/t25-,27+/m0/s1. The number of anilines is 3. The Balaban J connectivity index is 1.70. The molecule has 0 unspecified atom stereocenters. The Labute approximate surface area is 240 Å². The van der Waals surface area contributed by atoms with Gasteiger partial charge < -0.3 is 30.0 Å². The van der Waals surface area contributed by atoms with Crippen LogP contribution in [0.5, 0.6) is 5.75 Å². The summed E-state index contributed by atoms with van der Waals surface area (Å²) in [7, 11) is 3.08. The van der Waals surface area contributed by atoms with Crippen LogP contribution in [0, 0.1) is 0 Å². The fraction of sp³-hybridized carbons (Fsp3) is 0.419. The predicted octanol–water partition coefficient (Wildman–Crippen LogP) is 5.48. The van der Waals surface area contributed by atoms with Gasteiger partial charge >= 0.3 is 5.97 Å². The predicted molar refractivity (Wildman–Crippen MR) is 162 cm³/mol. The Morgan fingerprint density at radius 1 is 0.951 bits per heavy atom. The first-order valence-corrected chi connectivity index (χ1v) is 14.4. The molecule has 0 saturated carbocycles. The smallest absolute Gasteiger partial charge is 0.328 e. The van der Waals surface area contributed by atoms with Crippen LogP contribution in [0.25, 0.3) is 10.9 Å². The summed E-state index contributed by atoms with van der Waals surface area (Å²) >= 11 is 0. The lowest BCUT2D eigenvalue weighted by Crippen LogP contribution is -2.50. The molecule has 0 aliphatic carbocycles. The molecule has 2 aromatic carbocycles. The van der Waals surface area contributed by atoms with Gasteiger partial charge in [0.15, 0.2) is 0 Å². The molecule has 0 saturated heterocycles. The molecule has 2 aromatic heterocycles. The number of esters is 1. The summed E-state index contributed by atoms with van der Waals surface area (Å²) in [4.78, 5) is 33.5. The largest absolute Gasteiger partial charge is 0.497 e. The van der Waals surface area contributed by atoms with Crippen molar-refractivity contribution in [1.29, 1.82) is 0 Å². The number of nitrogens with zero attached hydrogens (tertiary/aromatic N) is 4. The van der Waals surface area contributed by atoms with Crippen LogP contribution in [0.3, 0.4) is 0 Å². The van der Waals surface area contributed by atoms with E-state index in [1.54, 1.807) is 7.11 Å². The lowest BCUT2D eigenvalue weighted by atomic mass is 9.88. The number of nitrogens with one attached hydrogen (secondary N) is 3. The molecule has 3 N–H and O–H groups in total. The van der Waals surface area contributed by atoms with E-state index in [1.165, 1.54) is 7.11 Å². The molecule has 41 heavy (non-hydrogen) atoms. The lowest BCUT2D eigenvalue weighted by Gasteiger charge is -2.41. The van der Waals surface area contributed by atoms with Crippen molar-refractivity contribution >= 4 is 34.7 Å². The molecule has 10 nitrogen and oxygen atoms in total. The Morgan fingerprint density at radius 2 is 1.61 bits per heavy atom. The van der Waals surface area contributed by atoms with Crippen molar-refractivity contribution in [2.45, 2.75) is 58.0 Å². The SMILES string of the molecule is CCCCNc1nc(NCCCC)nc(N2[C@H](c3ccc(OC)cc3)c3[nH]c4ccccc4c3C[C@H]2C(=O)OC)n1. The Bertz CT molecular complexity index is 1440. The van der Waals surface area contributed by atoms with Gasteiger partial charge in [-0.1, -0.05) is 57.0 Å². The van der Waals surface area contributed by atoms with Crippen molar-refractivity contribution in [3.05, 3.63) is 65.4 Å². The zero-order valence-electron chi connectivity index (χ0n) is 24.2. The molecule has 0 fully saturated rings. The third kappa shape index (κ3) is 5.91. The minimum absolute atomic E-state index is 0.346. The van der Waals surface area contributed by atoms with Crippen LogP contribution in [0.4, 0.5) is 17.8 Å². The first kappa shape index (κ1) is 28.2. The number of rotatable bonds is 12. The van der Waals surface area contributed by atoms with E-state index in [2.05, 4.69) is 46.6 Å². The molecule has 1 aliphatic heterocycles. The lowest BCUT2D eigenvalue weighted by molar-refractivity contribution is -0.142. The summed E-state index contributed by atoms with van der Waals surface area (Å²) in [5, 5.41) is 7.80. The van der Waals surface area contributed by atoms with Crippen molar-refractivity contribution in [1.82, 2.24) is 19.9 Å². The van der Waals surface area contributed by atoms with Gasteiger partial charge in [0.1, 0.15) is 11.8 Å². The van der Waals surface area contributed by atoms with Crippen molar-refractivity contribution in [3.8, 4) is 5.75 Å². The van der Waals surface area contributed by atoms with E-state index in [9.17, 15) is 4.79 Å². The van der Waals surface area contributed by atoms with E-state index in [4.69, 9.17) is 19.4 Å². The molecule has 2 atom stereocenters. The van der Waals surface area contributed by atoms with Crippen LogP contribution in [0.15, 0.2) is 48.5 Å². The normalized spacial score (nSPS) is 16.3. The highest BCUT2D eigenvalue weighted by Gasteiger charge is 2.43. The number of para-hydroxylation sites is 1. The summed E-state index contributed by atoms with van der Waals surface area (Å²) in [6, 6.07) is 15.0. The Morgan fingerprint density at radius 3 is 2.22 bits per heavy atom. The second kappa shape index (κ2) is 12.9. The number of ether oxygens (including phenoxy) is 2. The summed E-state index contributed by atoms with van der Waals surface area (Å²) in [6.07, 6.45) is 4.52. The maximum absolute atomic E-state index is 13.5. The molecular weight excluding hydrogens is 518 g/mol. The summed E-state index contributed by atoms with van der Waals surface area (Å²) in [6.45, 7) is 5.76. The summed E-state index contributed by atoms with van der Waals surface area (Å²) < 4.78 is 10.8. The number of unbranched alkanes of at least 4 members (excludes halogenated alkanes) is 2. The van der Waals surface area contributed by atoms with Crippen LogP contribution in [-0.4, -0.2) is 59.3 Å². The highest BCUT2D eigenvalue weighted by atomic mass is 16.5. The average molecular weight is 558 g/mol. The van der Waals surface area contributed by atoms with Crippen molar-refractivity contribution < 1.29 is 14.3 Å². The van der Waals surface area contributed by atoms with Crippen LogP contribution in [-0.2, 0) is 16.0 Å². The second-order valence-electron chi connectivity index (χ2n) is 10.2. The summed E-state index contributed by atoms with van der Waals surface area (Å²) in [5.74, 6) is 1.76. The molecule has 0 amide bonds. The number of aromatic amines is 1. The molecule has 0 radical (unpaired) electrons. The Hall–Kier alpha value is -4.34. The number of methoxy groups -OCH3 is 2. The molecule has 0 spiro atoms. The minimum atomic E-state index is -0.659. The van der Waals surface area contributed by atoms with E-state index < -0.39 is 12.1 Å².